The van der Waals surface area contributed by atoms with Crippen LogP contribution in [0.5, 0.6) is 5.75 Å². The number of aliphatic hydroxyl groups excluding tert-OH is 1. The SMILES string of the molecule is CC1(C)OC[C@H](COC(=O)CCc2ccc(OC[C@H](O)CNCCNC(=O)N3CCOCC3)cc2)O1. The van der Waals surface area contributed by atoms with Crippen molar-refractivity contribution in [2.45, 2.75) is 44.7 Å². The molecule has 0 aliphatic carbocycles. The van der Waals surface area contributed by atoms with E-state index in [2.05, 4.69) is 10.6 Å². The smallest absolute Gasteiger partial charge is 0.317 e. The fourth-order valence-corrected chi connectivity index (χ4v) is 3.76. The zero-order valence-electron chi connectivity index (χ0n) is 21.2. The molecule has 2 amide bonds. The van der Waals surface area contributed by atoms with Crippen LogP contribution in [0.3, 0.4) is 0 Å². The number of nitrogens with zero attached hydrogens (tertiary/aromatic N) is 1. The van der Waals surface area contributed by atoms with Crippen LogP contribution in [-0.2, 0) is 30.2 Å². The number of hydrogen-bond donors (Lipinski definition) is 3. The maximum Gasteiger partial charge on any atom is 0.317 e. The second kappa shape index (κ2) is 14.3. The van der Waals surface area contributed by atoms with Gasteiger partial charge in [0.15, 0.2) is 5.79 Å². The number of morpholine rings is 1. The van der Waals surface area contributed by atoms with Gasteiger partial charge in [0, 0.05) is 39.1 Å². The summed E-state index contributed by atoms with van der Waals surface area (Å²) in [6, 6.07) is 7.31. The number of ether oxygens (including phenoxy) is 5. The Balaban J connectivity index is 1.21. The molecule has 11 nitrogen and oxygen atoms in total. The zero-order chi connectivity index (χ0) is 25.8. The lowest BCUT2D eigenvalue weighted by Gasteiger charge is -2.27. The molecule has 0 spiro atoms. The van der Waals surface area contributed by atoms with Crippen molar-refractivity contribution in [3.8, 4) is 5.75 Å². The Bertz CT molecular complexity index is 814. The van der Waals surface area contributed by atoms with Crippen LogP contribution in [0.15, 0.2) is 24.3 Å². The van der Waals surface area contributed by atoms with Gasteiger partial charge in [0.1, 0.15) is 31.2 Å². The number of amides is 2. The molecule has 0 aromatic heterocycles. The topological polar surface area (TPSA) is 128 Å². The third-order valence-corrected chi connectivity index (χ3v) is 5.74. The van der Waals surface area contributed by atoms with Crippen LogP contribution in [0.2, 0.25) is 0 Å². The Kier molecular flexibility index (Phi) is 11.2. The van der Waals surface area contributed by atoms with Crippen LogP contribution in [0, 0.1) is 0 Å². The van der Waals surface area contributed by atoms with Gasteiger partial charge in [-0.15, -0.1) is 0 Å². The fraction of sp³-hybridized carbons (Fsp3) is 0.680. The van der Waals surface area contributed by atoms with Crippen molar-refractivity contribution < 1.29 is 38.4 Å². The van der Waals surface area contributed by atoms with Gasteiger partial charge in [0.2, 0.25) is 0 Å². The number of aryl methyl sites for hydroxylation is 1. The van der Waals surface area contributed by atoms with Crippen molar-refractivity contribution in [3.63, 3.8) is 0 Å². The van der Waals surface area contributed by atoms with Gasteiger partial charge in [-0.3, -0.25) is 4.79 Å². The molecule has 0 saturated carbocycles. The van der Waals surface area contributed by atoms with Crippen molar-refractivity contribution in [1.29, 1.82) is 0 Å². The third-order valence-electron chi connectivity index (χ3n) is 5.74. The Morgan fingerprint density at radius 1 is 1.19 bits per heavy atom. The minimum Gasteiger partial charge on any atom is -0.491 e. The number of benzene rings is 1. The van der Waals surface area contributed by atoms with Crippen LogP contribution in [0.1, 0.15) is 25.8 Å². The molecule has 36 heavy (non-hydrogen) atoms. The number of carbonyl (C=O) groups is 2. The molecule has 2 heterocycles. The number of nitrogens with one attached hydrogen (secondary N) is 2. The van der Waals surface area contributed by atoms with Gasteiger partial charge in [0.25, 0.3) is 0 Å². The number of rotatable bonds is 13. The quantitative estimate of drug-likeness (QED) is 0.260. The molecule has 2 aliphatic rings. The summed E-state index contributed by atoms with van der Waals surface area (Å²) < 4.78 is 27.2. The van der Waals surface area contributed by atoms with E-state index in [-0.39, 0.29) is 37.7 Å². The lowest BCUT2D eigenvalue weighted by Crippen LogP contribution is -2.47. The zero-order valence-corrected chi connectivity index (χ0v) is 21.2. The minimum atomic E-state index is -0.686. The molecule has 3 rings (SSSR count). The average Bonchev–Trinajstić information content (AvgIpc) is 3.24. The minimum absolute atomic E-state index is 0.0952. The molecule has 2 aliphatic heterocycles. The number of esters is 1. The van der Waals surface area contributed by atoms with Gasteiger partial charge in [-0.2, -0.15) is 0 Å². The van der Waals surface area contributed by atoms with Crippen LogP contribution < -0.4 is 15.4 Å². The number of hydrogen-bond acceptors (Lipinski definition) is 9. The van der Waals surface area contributed by atoms with Crippen molar-refractivity contribution >= 4 is 12.0 Å². The van der Waals surface area contributed by atoms with Crippen LogP contribution in [-0.4, -0.2) is 106 Å². The van der Waals surface area contributed by atoms with Crippen molar-refractivity contribution in [1.82, 2.24) is 15.5 Å². The van der Waals surface area contributed by atoms with E-state index in [1.54, 1.807) is 4.90 Å². The lowest BCUT2D eigenvalue weighted by atomic mass is 10.1. The first-order chi connectivity index (χ1) is 17.3. The summed E-state index contributed by atoms with van der Waals surface area (Å²) in [7, 11) is 0. The molecule has 202 valence electrons. The molecule has 2 saturated heterocycles. The second-order valence-electron chi connectivity index (χ2n) is 9.28. The molecule has 0 bridgehead atoms. The van der Waals surface area contributed by atoms with E-state index in [9.17, 15) is 14.7 Å². The maximum atomic E-state index is 12.0. The van der Waals surface area contributed by atoms with Gasteiger partial charge in [-0.1, -0.05) is 12.1 Å². The second-order valence-corrected chi connectivity index (χ2v) is 9.28. The van der Waals surface area contributed by atoms with Gasteiger partial charge >= 0.3 is 12.0 Å². The summed E-state index contributed by atoms with van der Waals surface area (Å²) in [5, 5.41) is 16.1. The molecule has 0 radical (unpaired) electrons. The largest absolute Gasteiger partial charge is 0.491 e. The highest BCUT2D eigenvalue weighted by molar-refractivity contribution is 5.74. The first-order valence-electron chi connectivity index (χ1n) is 12.5. The van der Waals surface area contributed by atoms with Crippen LogP contribution in [0.25, 0.3) is 0 Å². The molecule has 11 heteroatoms. The lowest BCUT2D eigenvalue weighted by molar-refractivity contribution is -0.158. The molecular weight excluding hydrogens is 470 g/mol. The number of aliphatic hydroxyl groups is 1. The molecular formula is C25H39N3O8. The van der Waals surface area contributed by atoms with E-state index in [0.717, 1.165) is 5.56 Å². The highest BCUT2D eigenvalue weighted by Crippen LogP contribution is 2.22. The number of urea groups is 1. The molecule has 1 aromatic carbocycles. The average molecular weight is 510 g/mol. The van der Waals surface area contributed by atoms with Gasteiger partial charge in [0.05, 0.1) is 19.8 Å². The Labute approximate surface area is 212 Å². The monoisotopic (exact) mass is 509 g/mol. The fourth-order valence-electron chi connectivity index (χ4n) is 3.76. The first kappa shape index (κ1) is 28.1. The maximum absolute atomic E-state index is 12.0. The molecule has 0 unspecified atom stereocenters. The van der Waals surface area contributed by atoms with E-state index < -0.39 is 11.9 Å². The number of carbonyl (C=O) groups excluding carboxylic acids is 2. The molecule has 2 atom stereocenters. The Morgan fingerprint density at radius 3 is 2.64 bits per heavy atom. The molecule has 1 aromatic rings. The first-order valence-corrected chi connectivity index (χ1v) is 12.5. The molecule has 3 N–H and O–H groups in total. The summed E-state index contributed by atoms with van der Waals surface area (Å²) in [6.45, 7) is 8.13. The summed E-state index contributed by atoms with van der Waals surface area (Å²) >= 11 is 0. The summed E-state index contributed by atoms with van der Waals surface area (Å²) in [6.07, 6.45) is -0.0863. The van der Waals surface area contributed by atoms with E-state index in [1.807, 2.05) is 38.1 Å². The Hall–Kier alpha value is -2.44. The highest BCUT2D eigenvalue weighted by atomic mass is 16.7. The van der Waals surface area contributed by atoms with E-state index in [0.29, 0.717) is 64.7 Å². The normalized spacial score (nSPS) is 20.1. The van der Waals surface area contributed by atoms with Crippen molar-refractivity contribution in [2.75, 3.05) is 65.8 Å². The van der Waals surface area contributed by atoms with Crippen molar-refractivity contribution in [2.24, 2.45) is 0 Å². The summed E-state index contributed by atoms with van der Waals surface area (Å²) in [5.41, 5.74) is 0.988. The van der Waals surface area contributed by atoms with Crippen molar-refractivity contribution in [3.05, 3.63) is 29.8 Å². The van der Waals surface area contributed by atoms with Crippen LogP contribution >= 0.6 is 0 Å². The van der Waals surface area contributed by atoms with E-state index in [1.165, 1.54) is 0 Å². The molecule has 2 fully saturated rings. The predicted molar refractivity (Wildman–Crippen MR) is 131 cm³/mol. The standard InChI is InChI=1S/C25H39N3O8/c1-25(2)35-18-22(36-25)17-34-23(30)8-5-19-3-6-21(7-4-19)33-16-20(29)15-26-9-10-27-24(31)28-11-13-32-14-12-28/h3-4,6-7,20,22,26,29H,5,8-18H2,1-2H3,(H,27,31)/t20-,22+/m1/s1. The Morgan fingerprint density at radius 2 is 1.94 bits per heavy atom. The van der Waals surface area contributed by atoms with Crippen LogP contribution in [0.4, 0.5) is 4.79 Å². The van der Waals surface area contributed by atoms with Gasteiger partial charge in [-0.05, 0) is 38.0 Å². The predicted octanol–water partition coefficient (Wildman–Crippen LogP) is 0.685. The summed E-state index contributed by atoms with van der Waals surface area (Å²) in [4.78, 5) is 25.7. The van der Waals surface area contributed by atoms with E-state index in [4.69, 9.17) is 23.7 Å². The third kappa shape index (κ3) is 10.3. The van der Waals surface area contributed by atoms with Gasteiger partial charge < -0.3 is 44.3 Å². The highest BCUT2D eigenvalue weighted by Gasteiger charge is 2.33. The van der Waals surface area contributed by atoms with Gasteiger partial charge in [-0.25, -0.2) is 4.79 Å². The summed E-state index contributed by atoms with van der Waals surface area (Å²) in [5.74, 6) is -0.269. The van der Waals surface area contributed by atoms with E-state index >= 15 is 0 Å².